The Balaban J connectivity index is 2.47. The first kappa shape index (κ1) is 11.9. The van der Waals surface area contributed by atoms with Crippen LogP contribution in [0.5, 0.6) is 0 Å². The van der Waals surface area contributed by atoms with Gasteiger partial charge in [0.25, 0.3) is 0 Å². The van der Waals surface area contributed by atoms with Crippen LogP contribution in [0.25, 0.3) is 0 Å². The highest BCUT2D eigenvalue weighted by molar-refractivity contribution is 4.91. The van der Waals surface area contributed by atoms with E-state index in [0.717, 1.165) is 26.1 Å². The monoisotopic (exact) mass is 202 g/mol. The van der Waals surface area contributed by atoms with Gasteiger partial charge in [-0.1, -0.05) is 6.92 Å². The number of alkyl halides is 1. The van der Waals surface area contributed by atoms with Crippen molar-refractivity contribution < 1.29 is 4.39 Å². The predicted octanol–water partition coefficient (Wildman–Crippen LogP) is 1.81. The minimum Gasteiger partial charge on any atom is -0.309 e. The Morgan fingerprint density at radius 2 is 2.21 bits per heavy atom. The van der Waals surface area contributed by atoms with Crippen LogP contribution in [0.3, 0.4) is 0 Å². The van der Waals surface area contributed by atoms with Gasteiger partial charge in [0, 0.05) is 31.2 Å². The third-order valence-electron chi connectivity index (χ3n) is 2.98. The second-order valence-electron chi connectivity index (χ2n) is 4.84. The molecule has 1 unspecified atom stereocenters. The lowest BCUT2D eigenvalue weighted by Crippen LogP contribution is -2.61. The molecule has 0 aromatic carbocycles. The first-order valence-electron chi connectivity index (χ1n) is 5.64. The molecule has 1 saturated heterocycles. The smallest absolute Gasteiger partial charge is 0.0906 e. The van der Waals surface area contributed by atoms with Crippen LogP contribution in [0, 0.1) is 0 Å². The molecule has 1 fully saturated rings. The largest absolute Gasteiger partial charge is 0.309 e. The minimum atomic E-state index is -0.194. The molecular weight excluding hydrogens is 179 g/mol. The second kappa shape index (κ2) is 5.08. The van der Waals surface area contributed by atoms with Crippen molar-refractivity contribution in [2.75, 3.05) is 26.3 Å². The van der Waals surface area contributed by atoms with Gasteiger partial charge in [0.1, 0.15) is 0 Å². The number of piperazine rings is 1. The molecule has 2 nitrogen and oxygen atoms in total. The molecule has 0 aromatic heterocycles. The fourth-order valence-corrected chi connectivity index (χ4v) is 2.14. The normalized spacial score (nSPS) is 27.9. The maximum atomic E-state index is 12.1. The van der Waals surface area contributed by atoms with Crippen molar-refractivity contribution >= 4 is 0 Å². The van der Waals surface area contributed by atoms with E-state index in [1.807, 2.05) is 0 Å². The summed E-state index contributed by atoms with van der Waals surface area (Å²) in [5, 5.41) is 3.53. The summed E-state index contributed by atoms with van der Waals surface area (Å²) < 4.78 is 12.1. The molecule has 1 rings (SSSR count). The Hall–Kier alpha value is -0.150. The maximum Gasteiger partial charge on any atom is 0.0906 e. The van der Waals surface area contributed by atoms with Gasteiger partial charge in [0.05, 0.1) is 6.67 Å². The molecule has 14 heavy (non-hydrogen) atoms. The molecule has 0 bridgehead atoms. The highest BCUT2D eigenvalue weighted by Crippen LogP contribution is 2.17. The number of halogens is 1. The Bertz CT molecular complexity index is 171. The molecular formula is C11H23FN2. The van der Waals surface area contributed by atoms with E-state index < -0.39 is 0 Å². The highest BCUT2D eigenvalue weighted by Gasteiger charge is 2.30. The highest BCUT2D eigenvalue weighted by atomic mass is 19.1. The fourth-order valence-electron chi connectivity index (χ4n) is 2.14. The first-order chi connectivity index (χ1) is 6.59. The van der Waals surface area contributed by atoms with Gasteiger partial charge in [-0.15, -0.1) is 0 Å². The summed E-state index contributed by atoms with van der Waals surface area (Å²) in [6.07, 6.45) is 1.82. The van der Waals surface area contributed by atoms with Crippen LogP contribution in [0.15, 0.2) is 0 Å². The molecule has 1 heterocycles. The Morgan fingerprint density at radius 3 is 2.79 bits per heavy atom. The van der Waals surface area contributed by atoms with Crippen LogP contribution in [0.1, 0.15) is 33.6 Å². The van der Waals surface area contributed by atoms with Crippen molar-refractivity contribution in [3.05, 3.63) is 0 Å². The third kappa shape index (κ3) is 3.21. The van der Waals surface area contributed by atoms with E-state index >= 15 is 0 Å². The Morgan fingerprint density at radius 1 is 1.50 bits per heavy atom. The summed E-state index contributed by atoms with van der Waals surface area (Å²) in [6, 6.07) is 0.592. The maximum absolute atomic E-state index is 12.1. The number of hydrogen-bond acceptors (Lipinski definition) is 2. The number of hydrogen-bond donors (Lipinski definition) is 1. The van der Waals surface area contributed by atoms with E-state index in [1.165, 1.54) is 0 Å². The van der Waals surface area contributed by atoms with Gasteiger partial charge in [0.15, 0.2) is 0 Å². The fraction of sp³-hybridized carbons (Fsp3) is 1.00. The Kier molecular flexibility index (Phi) is 4.32. The standard InChI is InChI=1S/C11H23FN2/c1-4-10-8-13-11(2,3)9-14(10)7-5-6-12/h10,13H,4-9H2,1-3H3. The molecule has 0 aliphatic carbocycles. The molecule has 3 heteroatoms. The lowest BCUT2D eigenvalue weighted by atomic mass is 9.97. The zero-order valence-corrected chi connectivity index (χ0v) is 9.65. The second-order valence-corrected chi connectivity index (χ2v) is 4.84. The van der Waals surface area contributed by atoms with Crippen LogP contribution in [0.2, 0.25) is 0 Å². The summed E-state index contributed by atoms with van der Waals surface area (Å²) in [5.41, 5.74) is 0.183. The van der Waals surface area contributed by atoms with E-state index in [2.05, 4.69) is 31.0 Å². The van der Waals surface area contributed by atoms with Crippen LogP contribution in [-0.2, 0) is 0 Å². The van der Waals surface area contributed by atoms with Crippen LogP contribution < -0.4 is 5.32 Å². The van der Waals surface area contributed by atoms with Gasteiger partial charge >= 0.3 is 0 Å². The van der Waals surface area contributed by atoms with Gasteiger partial charge in [-0.25, -0.2) is 0 Å². The molecule has 0 spiro atoms. The van der Waals surface area contributed by atoms with Gasteiger partial charge in [-0.05, 0) is 26.7 Å². The van der Waals surface area contributed by atoms with Gasteiger partial charge in [-0.2, -0.15) is 0 Å². The number of rotatable bonds is 4. The average molecular weight is 202 g/mol. The molecule has 1 aliphatic heterocycles. The van der Waals surface area contributed by atoms with Gasteiger partial charge in [-0.3, -0.25) is 9.29 Å². The topological polar surface area (TPSA) is 15.3 Å². The van der Waals surface area contributed by atoms with E-state index in [9.17, 15) is 4.39 Å². The van der Waals surface area contributed by atoms with Crippen molar-refractivity contribution in [2.24, 2.45) is 0 Å². The minimum absolute atomic E-state index is 0.183. The molecule has 0 amide bonds. The third-order valence-corrected chi connectivity index (χ3v) is 2.98. The molecule has 1 aliphatic rings. The number of nitrogens with zero attached hydrogens (tertiary/aromatic N) is 1. The lowest BCUT2D eigenvalue weighted by Gasteiger charge is -2.44. The Labute approximate surface area is 86.9 Å². The van der Waals surface area contributed by atoms with Crippen molar-refractivity contribution in [3.8, 4) is 0 Å². The van der Waals surface area contributed by atoms with Crippen molar-refractivity contribution in [1.82, 2.24) is 10.2 Å². The van der Waals surface area contributed by atoms with Crippen molar-refractivity contribution in [1.29, 1.82) is 0 Å². The number of nitrogens with one attached hydrogen (secondary N) is 1. The molecule has 84 valence electrons. The quantitative estimate of drug-likeness (QED) is 0.748. The van der Waals surface area contributed by atoms with E-state index in [4.69, 9.17) is 0 Å². The molecule has 0 radical (unpaired) electrons. The molecule has 1 atom stereocenters. The average Bonchev–Trinajstić information content (AvgIpc) is 2.14. The zero-order chi connectivity index (χ0) is 10.6. The zero-order valence-electron chi connectivity index (χ0n) is 9.65. The van der Waals surface area contributed by atoms with Crippen molar-refractivity contribution in [3.63, 3.8) is 0 Å². The van der Waals surface area contributed by atoms with Gasteiger partial charge < -0.3 is 5.32 Å². The van der Waals surface area contributed by atoms with Crippen molar-refractivity contribution in [2.45, 2.75) is 45.2 Å². The van der Waals surface area contributed by atoms with E-state index in [-0.39, 0.29) is 12.2 Å². The predicted molar refractivity (Wildman–Crippen MR) is 58.3 cm³/mol. The lowest BCUT2D eigenvalue weighted by molar-refractivity contribution is 0.0895. The molecule has 0 aromatic rings. The van der Waals surface area contributed by atoms with Crippen LogP contribution >= 0.6 is 0 Å². The summed E-state index contributed by atoms with van der Waals surface area (Å²) in [4.78, 5) is 2.43. The summed E-state index contributed by atoms with van der Waals surface area (Å²) in [5.74, 6) is 0. The first-order valence-corrected chi connectivity index (χ1v) is 5.64. The molecule has 0 saturated carbocycles. The SMILES string of the molecule is CCC1CNC(C)(C)CN1CCCF. The summed E-state index contributed by atoms with van der Waals surface area (Å²) in [7, 11) is 0. The van der Waals surface area contributed by atoms with E-state index in [1.54, 1.807) is 0 Å². The van der Waals surface area contributed by atoms with E-state index in [0.29, 0.717) is 12.5 Å². The molecule has 1 N–H and O–H groups in total. The summed E-state index contributed by atoms with van der Waals surface area (Å²) in [6.45, 7) is 9.40. The van der Waals surface area contributed by atoms with Gasteiger partial charge in [0.2, 0.25) is 0 Å². The van der Waals surface area contributed by atoms with Crippen LogP contribution in [0.4, 0.5) is 4.39 Å². The summed E-state index contributed by atoms with van der Waals surface area (Å²) >= 11 is 0. The van der Waals surface area contributed by atoms with Crippen LogP contribution in [-0.4, -0.2) is 42.8 Å².